The number of carbonyl (C=O) groups is 1. The number of hydrogen-bond donors (Lipinski definition) is 1. The summed E-state index contributed by atoms with van der Waals surface area (Å²) in [5.74, 6) is -0.801. The van der Waals surface area contributed by atoms with Gasteiger partial charge in [-0.3, -0.25) is 4.79 Å². The van der Waals surface area contributed by atoms with Gasteiger partial charge in [0.15, 0.2) is 0 Å². The quantitative estimate of drug-likeness (QED) is 0.545. The highest BCUT2D eigenvalue weighted by atomic mass is 35.5. The minimum Gasteiger partial charge on any atom is -0.352 e. The van der Waals surface area contributed by atoms with Gasteiger partial charge in [-0.25, -0.2) is 12.8 Å². The topological polar surface area (TPSA) is 66.5 Å². The lowest BCUT2D eigenvalue weighted by Crippen LogP contribution is -2.28. The highest BCUT2D eigenvalue weighted by Gasteiger charge is 2.23. The fourth-order valence-electron chi connectivity index (χ4n) is 3.01. The molecule has 3 aromatic rings. The van der Waals surface area contributed by atoms with Crippen molar-refractivity contribution in [1.82, 2.24) is 9.62 Å². The van der Waals surface area contributed by atoms with E-state index in [-0.39, 0.29) is 27.8 Å². The molecule has 0 saturated heterocycles. The zero-order valence-corrected chi connectivity index (χ0v) is 18.5. The van der Waals surface area contributed by atoms with Gasteiger partial charge in [-0.2, -0.15) is 4.31 Å². The first kappa shape index (κ1) is 22.9. The summed E-state index contributed by atoms with van der Waals surface area (Å²) >= 11 is 6.15. The summed E-state index contributed by atoms with van der Waals surface area (Å²) in [7, 11) is -2.33. The molecule has 1 amide bonds. The van der Waals surface area contributed by atoms with E-state index in [0.717, 1.165) is 11.1 Å². The van der Waals surface area contributed by atoms with Gasteiger partial charge in [-0.15, -0.1) is 0 Å². The molecular formula is C23H22ClFN2O3S. The van der Waals surface area contributed by atoms with E-state index >= 15 is 0 Å². The van der Waals surface area contributed by atoms with Crippen LogP contribution in [0.5, 0.6) is 0 Å². The lowest BCUT2D eigenvalue weighted by molar-refractivity contribution is 0.0954. The van der Waals surface area contributed by atoms with Gasteiger partial charge in [0.05, 0.1) is 15.5 Å². The highest BCUT2D eigenvalue weighted by Crippen LogP contribution is 2.23. The zero-order valence-electron chi connectivity index (χ0n) is 16.9. The first-order valence-corrected chi connectivity index (χ1v) is 11.4. The van der Waals surface area contributed by atoms with E-state index in [2.05, 4.69) is 5.32 Å². The van der Waals surface area contributed by atoms with E-state index in [1.807, 2.05) is 30.3 Å². The lowest BCUT2D eigenvalue weighted by Gasteiger charge is -2.18. The molecule has 0 aliphatic carbocycles. The number of rotatable bonds is 8. The number of amides is 1. The maximum Gasteiger partial charge on any atom is 0.252 e. The molecule has 0 fully saturated rings. The Hall–Kier alpha value is -2.74. The normalized spacial score (nSPS) is 11.5. The van der Waals surface area contributed by atoms with Crippen molar-refractivity contribution in [3.05, 3.63) is 100 Å². The van der Waals surface area contributed by atoms with Crippen LogP contribution in [0, 0.1) is 5.82 Å². The summed E-state index contributed by atoms with van der Waals surface area (Å²) in [6.45, 7) is 0.497. The Morgan fingerprint density at radius 2 is 1.68 bits per heavy atom. The number of sulfonamides is 1. The van der Waals surface area contributed by atoms with Crippen molar-refractivity contribution in [3.8, 4) is 0 Å². The highest BCUT2D eigenvalue weighted by molar-refractivity contribution is 7.89. The number of hydrogen-bond acceptors (Lipinski definition) is 3. The van der Waals surface area contributed by atoms with Crippen molar-refractivity contribution in [3.63, 3.8) is 0 Å². The van der Waals surface area contributed by atoms with E-state index in [4.69, 9.17) is 11.6 Å². The van der Waals surface area contributed by atoms with Gasteiger partial charge in [0.25, 0.3) is 5.91 Å². The van der Waals surface area contributed by atoms with E-state index in [1.165, 1.54) is 41.7 Å². The van der Waals surface area contributed by atoms with Crippen LogP contribution in [0.1, 0.15) is 21.5 Å². The van der Waals surface area contributed by atoms with Crippen LogP contribution in [0.3, 0.4) is 0 Å². The van der Waals surface area contributed by atoms with Gasteiger partial charge in [-0.05, 0) is 47.9 Å². The first-order valence-electron chi connectivity index (χ1n) is 9.60. The molecule has 0 radical (unpaired) electrons. The van der Waals surface area contributed by atoms with Gasteiger partial charge in [0.1, 0.15) is 5.82 Å². The van der Waals surface area contributed by atoms with Crippen LogP contribution in [-0.4, -0.2) is 32.2 Å². The molecule has 0 aliphatic rings. The van der Waals surface area contributed by atoms with Gasteiger partial charge in [-0.1, -0.05) is 54.1 Å². The predicted octanol–water partition coefficient (Wildman–Crippen LogP) is 4.27. The molecule has 0 spiro atoms. The van der Waals surface area contributed by atoms with E-state index in [1.54, 1.807) is 12.1 Å². The Bertz CT molecular complexity index is 1150. The Balaban J connectivity index is 1.70. The van der Waals surface area contributed by atoms with Crippen molar-refractivity contribution < 1.29 is 17.6 Å². The molecule has 3 rings (SSSR count). The van der Waals surface area contributed by atoms with E-state index in [0.29, 0.717) is 13.0 Å². The van der Waals surface area contributed by atoms with Crippen LogP contribution in [-0.2, 0) is 23.0 Å². The molecule has 162 valence electrons. The predicted molar refractivity (Wildman–Crippen MR) is 119 cm³/mol. The molecule has 8 heteroatoms. The summed E-state index contributed by atoms with van der Waals surface area (Å²) < 4.78 is 40.1. The number of nitrogens with zero attached hydrogens (tertiary/aromatic N) is 1. The standard InChI is InChI=1S/C23H22ClFN2O3S/c1-27(16-18-5-3-2-4-6-18)31(29,30)20-11-12-22(24)21(15-20)23(28)26-14-13-17-7-9-19(25)10-8-17/h2-12,15H,13-14,16H2,1H3,(H,26,28). The van der Waals surface area contributed by atoms with Crippen molar-refractivity contribution in [2.45, 2.75) is 17.9 Å². The second kappa shape index (κ2) is 10.0. The number of nitrogens with one attached hydrogen (secondary N) is 1. The van der Waals surface area contributed by atoms with Gasteiger partial charge in [0.2, 0.25) is 10.0 Å². The third-order valence-electron chi connectivity index (χ3n) is 4.75. The molecule has 31 heavy (non-hydrogen) atoms. The summed E-state index contributed by atoms with van der Waals surface area (Å²) in [6.07, 6.45) is 0.501. The average Bonchev–Trinajstić information content (AvgIpc) is 2.76. The summed E-state index contributed by atoms with van der Waals surface area (Å²) in [4.78, 5) is 12.6. The molecule has 0 saturated carbocycles. The third-order valence-corrected chi connectivity index (χ3v) is 6.88. The van der Waals surface area contributed by atoms with E-state index < -0.39 is 15.9 Å². The molecule has 0 heterocycles. The second-order valence-electron chi connectivity index (χ2n) is 7.02. The molecule has 3 aromatic carbocycles. The number of carbonyl (C=O) groups excluding carboxylic acids is 1. The summed E-state index contributed by atoms with van der Waals surface area (Å²) in [6, 6.07) is 19.3. The largest absolute Gasteiger partial charge is 0.352 e. The number of halogens is 2. The van der Waals surface area contributed by atoms with Crippen LogP contribution in [0.15, 0.2) is 77.7 Å². The molecule has 0 bridgehead atoms. The van der Waals surface area contributed by atoms with Crippen molar-refractivity contribution in [1.29, 1.82) is 0 Å². The zero-order chi connectivity index (χ0) is 22.4. The lowest BCUT2D eigenvalue weighted by atomic mass is 10.1. The second-order valence-corrected chi connectivity index (χ2v) is 9.47. The van der Waals surface area contributed by atoms with Crippen LogP contribution in [0.25, 0.3) is 0 Å². The van der Waals surface area contributed by atoms with Crippen LogP contribution in [0.2, 0.25) is 5.02 Å². The summed E-state index contributed by atoms with van der Waals surface area (Å²) in [5, 5.41) is 2.88. The van der Waals surface area contributed by atoms with Crippen molar-refractivity contribution >= 4 is 27.5 Å². The SMILES string of the molecule is CN(Cc1ccccc1)S(=O)(=O)c1ccc(Cl)c(C(=O)NCCc2ccc(F)cc2)c1. The Kier molecular flexibility index (Phi) is 7.43. The fraction of sp³-hybridized carbons (Fsp3) is 0.174. The molecular weight excluding hydrogens is 439 g/mol. The maximum absolute atomic E-state index is 13.0. The van der Waals surface area contributed by atoms with Gasteiger partial charge in [0, 0.05) is 20.1 Å². The third kappa shape index (κ3) is 5.91. The first-order chi connectivity index (χ1) is 14.8. The molecule has 0 unspecified atom stereocenters. The molecule has 0 aromatic heterocycles. The molecule has 0 atom stereocenters. The van der Waals surface area contributed by atoms with Crippen molar-refractivity contribution in [2.75, 3.05) is 13.6 Å². The van der Waals surface area contributed by atoms with Crippen LogP contribution in [0.4, 0.5) is 4.39 Å². The Morgan fingerprint density at radius 3 is 2.35 bits per heavy atom. The summed E-state index contributed by atoms with van der Waals surface area (Å²) in [5.41, 5.74) is 1.79. The minimum atomic E-state index is -3.82. The maximum atomic E-state index is 13.0. The van der Waals surface area contributed by atoms with Crippen LogP contribution < -0.4 is 5.32 Å². The van der Waals surface area contributed by atoms with Gasteiger partial charge >= 0.3 is 0 Å². The average molecular weight is 461 g/mol. The minimum absolute atomic E-state index is 0.0148. The van der Waals surface area contributed by atoms with Crippen LogP contribution >= 0.6 is 11.6 Å². The molecule has 5 nitrogen and oxygen atoms in total. The Labute approximate surface area is 186 Å². The van der Waals surface area contributed by atoms with Crippen molar-refractivity contribution in [2.24, 2.45) is 0 Å². The van der Waals surface area contributed by atoms with Gasteiger partial charge < -0.3 is 5.32 Å². The smallest absolute Gasteiger partial charge is 0.252 e. The molecule has 0 aliphatic heterocycles. The monoisotopic (exact) mass is 460 g/mol. The van der Waals surface area contributed by atoms with E-state index in [9.17, 15) is 17.6 Å². The fourth-order valence-corrected chi connectivity index (χ4v) is 4.40. The number of benzene rings is 3. The Morgan fingerprint density at radius 1 is 1.00 bits per heavy atom. The molecule has 1 N–H and O–H groups in total.